The van der Waals surface area contributed by atoms with Gasteiger partial charge in [-0.05, 0) is 24.3 Å². The molecule has 7 heteroatoms. The summed E-state index contributed by atoms with van der Waals surface area (Å²) in [7, 11) is 0. The second-order valence-electron chi connectivity index (χ2n) is 4.44. The van der Waals surface area contributed by atoms with E-state index in [-0.39, 0.29) is 0 Å². The van der Waals surface area contributed by atoms with Crippen molar-refractivity contribution < 1.29 is 9.90 Å². The summed E-state index contributed by atoms with van der Waals surface area (Å²) in [6.45, 7) is 0.337. The molecule has 2 N–H and O–H groups in total. The van der Waals surface area contributed by atoms with Gasteiger partial charge in [0.25, 0.3) is 0 Å². The molecular formula is C15H13N3O2S2. The Morgan fingerprint density at radius 2 is 2.09 bits per heavy atom. The van der Waals surface area contributed by atoms with E-state index in [0.29, 0.717) is 6.54 Å². The Morgan fingerprint density at radius 3 is 2.86 bits per heavy atom. The highest BCUT2D eigenvalue weighted by molar-refractivity contribution is 8.01. The summed E-state index contributed by atoms with van der Waals surface area (Å²) >= 11 is 3.19. The van der Waals surface area contributed by atoms with Gasteiger partial charge in [0.1, 0.15) is 0 Å². The Morgan fingerprint density at radius 1 is 1.27 bits per heavy atom. The van der Waals surface area contributed by atoms with Crippen molar-refractivity contribution in [1.82, 2.24) is 15.1 Å². The van der Waals surface area contributed by atoms with Crippen molar-refractivity contribution in [3.63, 3.8) is 0 Å². The molecule has 5 nitrogen and oxygen atoms in total. The van der Waals surface area contributed by atoms with E-state index >= 15 is 0 Å². The Bertz CT molecular complexity index is 768. The smallest absolute Gasteiger partial charge is 0.404 e. The number of carbonyl (C=O) groups is 1. The molecule has 112 valence electrons. The number of para-hydroxylation sites is 1. The fraction of sp³-hybridized carbons (Fsp3) is 0.0667. The lowest BCUT2D eigenvalue weighted by Crippen LogP contribution is -2.19. The standard InChI is InChI=1S/C15H13N3O2S2/c19-15(20)16-8-12-6-7-14(21-12)22-13-9-17-18(10-13)11-4-2-1-3-5-11/h1-7,9-10,16H,8H2,(H,19,20). The maximum Gasteiger partial charge on any atom is 0.404 e. The summed E-state index contributed by atoms with van der Waals surface area (Å²) in [5.74, 6) is 0. The van der Waals surface area contributed by atoms with Gasteiger partial charge in [-0.1, -0.05) is 30.0 Å². The van der Waals surface area contributed by atoms with E-state index in [1.807, 2.05) is 59.5 Å². The molecule has 0 radical (unpaired) electrons. The van der Waals surface area contributed by atoms with Crippen molar-refractivity contribution in [3.05, 3.63) is 59.7 Å². The van der Waals surface area contributed by atoms with Crippen molar-refractivity contribution >= 4 is 29.2 Å². The Balaban J connectivity index is 1.67. The van der Waals surface area contributed by atoms with Crippen LogP contribution in [-0.4, -0.2) is 21.0 Å². The molecule has 0 fully saturated rings. The van der Waals surface area contributed by atoms with Crippen LogP contribution >= 0.6 is 23.1 Å². The van der Waals surface area contributed by atoms with Gasteiger partial charge < -0.3 is 10.4 Å². The van der Waals surface area contributed by atoms with Crippen molar-refractivity contribution in [2.75, 3.05) is 0 Å². The zero-order valence-corrected chi connectivity index (χ0v) is 13.1. The number of hydrogen-bond acceptors (Lipinski definition) is 4. The van der Waals surface area contributed by atoms with Crippen LogP contribution in [0.25, 0.3) is 5.69 Å². The number of aromatic nitrogens is 2. The van der Waals surface area contributed by atoms with Gasteiger partial charge in [0.2, 0.25) is 0 Å². The van der Waals surface area contributed by atoms with Crippen LogP contribution in [0.15, 0.2) is 64.0 Å². The average Bonchev–Trinajstić information content (AvgIpc) is 3.16. The Hall–Kier alpha value is -2.25. The van der Waals surface area contributed by atoms with Gasteiger partial charge in [-0.15, -0.1) is 11.3 Å². The number of hydrogen-bond donors (Lipinski definition) is 2. The van der Waals surface area contributed by atoms with Gasteiger partial charge >= 0.3 is 6.09 Å². The lowest BCUT2D eigenvalue weighted by atomic mass is 10.3. The normalized spacial score (nSPS) is 10.5. The summed E-state index contributed by atoms with van der Waals surface area (Å²) in [5, 5.41) is 15.3. The van der Waals surface area contributed by atoms with Crippen molar-refractivity contribution in [1.29, 1.82) is 0 Å². The number of rotatable bonds is 5. The molecule has 0 aliphatic rings. The molecule has 3 aromatic rings. The van der Waals surface area contributed by atoms with Crippen molar-refractivity contribution in [3.8, 4) is 5.69 Å². The van der Waals surface area contributed by atoms with Crippen LogP contribution in [0, 0.1) is 0 Å². The first-order valence-corrected chi connectivity index (χ1v) is 8.17. The lowest BCUT2D eigenvalue weighted by Gasteiger charge is -1.99. The molecule has 3 rings (SSSR count). The van der Waals surface area contributed by atoms with Gasteiger partial charge in [0.05, 0.1) is 27.5 Å². The molecule has 2 aromatic heterocycles. The van der Waals surface area contributed by atoms with Crippen LogP contribution in [0.2, 0.25) is 0 Å². The molecule has 0 spiro atoms. The van der Waals surface area contributed by atoms with E-state index in [1.165, 1.54) is 0 Å². The highest BCUT2D eigenvalue weighted by Gasteiger charge is 2.06. The molecular weight excluding hydrogens is 318 g/mol. The summed E-state index contributed by atoms with van der Waals surface area (Å²) in [5.41, 5.74) is 1.02. The van der Waals surface area contributed by atoms with Gasteiger partial charge in [0.15, 0.2) is 0 Å². The average molecular weight is 331 g/mol. The van der Waals surface area contributed by atoms with Crippen molar-refractivity contribution in [2.45, 2.75) is 15.6 Å². The number of thiophene rings is 1. The third kappa shape index (κ3) is 3.69. The number of nitrogens with zero attached hydrogens (tertiary/aromatic N) is 2. The molecule has 0 bridgehead atoms. The van der Waals surface area contributed by atoms with Crippen LogP contribution in [0.5, 0.6) is 0 Å². The number of amides is 1. The number of carboxylic acid groups (broad SMARTS) is 1. The van der Waals surface area contributed by atoms with Crippen LogP contribution in [0.1, 0.15) is 4.88 Å². The molecule has 2 heterocycles. The minimum Gasteiger partial charge on any atom is -0.465 e. The summed E-state index contributed by atoms with van der Waals surface area (Å²) in [6, 6.07) is 13.9. The number of benzene rings is 1. The Labute approximate surface area is 135 Å². The van der Waals surface area contributed by atoms with Crippen LogP contribution in [0.3, 0.4) is 0 Å². The zero-order chi connectivity index (χ0) is 15.4. The predicted octanol–water partition coefficient (Wildman–Crippen LogP) is 3.85. The highest BCUT2D eigenvalue weighted by Crippen LogP contribution is 2.33. The molecule has 0 aliphatic heterocycles. The van der Waals surface area contributed by atoms with Gasteiger partial charge in [0, 0.05) is 11.1 Å². The topological polar surface area (TPSA) is 67.2 Å². The van der Waals surface area contributed by atoms with Crippen LogP contribution in [-0.2, 0) is 6.54 Å². The molecule has 0 aliphatic carbocycles. The Kier molecular flexibility index (Phi) is 4.45. The molecule has 0 unspecified atom stereocenters. The minimum atomic E-state index is -1.01. The van der Waals surface area contributed by atoms with Gasteiger partial charge in [-0.25, -0.2) is 9.48 Å². The van der Waals surface area contributed by atoms with E-state index < -0.39 is 6.09 Å². The minimum absolute atomic E-state index is 0.337. The molecule has 1 amide bonds. The van der Waals surface area contributed by atoms with E-state index in [4.69, 9.17) is 5.11 Å². The van der Waals surface area contributed by atoms with Crippen molar-refractivity contribution in [2.24, 2.45) is 0 Å². The first-order chi connectivity index (χ1) is 10.7. The summed E-state index contributed by atoms with van der Waals surface area (Å²) < 4.78 is 2.94. The first-order valence-electron chi connectivity index (χ1n) is 6.54. The molecule has 1 aromatic carbocycles. The zero-order valence-electron chi connectivity index (χ0n) is 11.5. The molecule has 0 atom stereocenters. The van der Waals surface area contributed by atoms with E-state index in [0.717, 1.165) is 19.7 Å². The summed E-state index contributed by atoms with van der Waals surface area (Å²) in [6.07, 6.45) is 2.80. The maximum absolute atomic E-state index is 10.5. The van der Waals surface area contributed by atoms with E-state index in [1.54, 1.807) is 23.1 Å². The van der Waals surface area contributed by atoms with Gasteiger partial charge in [-0.3, -0.25) is 0 Å². The molecule has 0 saturated carbocycles. The van der Waals surface area contributed by atoms with Gasteiger partial charge in [-0.2, -0.15) is 5.10 Å². The summed E-state index contributed by atoms with van der Waals surface area (Å²) in [4.78, 5) is 12.5. The molecule has 0 saturated heterocycles. The predicted molar refractivity (Wildman–Crippen MR) is 86.9 cm³/mol. The van der Waals surface area contributed by atoms with E-state index in [9.17, 15) is 4.79 Å². The fourth-order valence-corrected chi connectivity index (χ4v) is 3.94. The number of nitrogens with one attached hydrogen (secondary N) is 1. The monoisotopic (exact) mass is 331 g/mol. The fourth-order valence-electron chi connectivity index (χ4n) is 1.87. The van der Waals surface area contributed by atoms with Crippen LogP contribution < -0.4 is 5.32 Å². The highest BCUT2D eigenvalue weighted by atomic mass is 32.2. The second-order valence-corrected chi connectivity index (χ2v) is 6.98. The van der Waals surface area contributed by atoms with E-state index in [2.05, 4.69) is 10.4 Å². The second kappa shape index (κ2) is 6.67. The quantitative estimate of drug-likeness (QED) is 0.745. The largest absolute Gasteiger partial charge is 0.465 e. The first kappa shape index (κ1) is 14.7. The third-order valence-corrected chi connectivity index (χ3v) is 5.01. The maximum atomic E-state index is 10.5. The molecule has 22 heavy (non-hydrogen) atoms. The van der Waals surface area contributed by atoms with Crippen LogP contribution in [0.4, 0.5) is 4.79 Å². The lowest BCUT2D eigenvalue weighted by molar-refractivity contribution is 0.194. The SMILES string of the molecule is O=C(O)NCc1ccc(Sc2cnn(-c3ccccc3)c2)s1. The third-order valence-electron chi connectivity index (χ3n) is 2.85.